The number of sulfonamides is 1. The molecule has 230 valence electrons. The van der Waals surface area contributed by atoms with Gasteiger partial charge in [0.15, 0.2) is 5.03 Å². The lowest BCUT2D eigenvalue weighted by molar-refractivity contribution is -0.141. The highest BCUT2D eigenvalue weighted by Crippen LogP contribution is 2.42. The minimum Gasteiger partial charge on any atom is -0.480 e. The minimum absolute atomic E-state index is 0.00620. The van der Waals surface area contributed by atoms with E-state index in [-0.39, 0.29) is 28.8 Å². The molecule has 1 aromatic heterocycles. The number of nitrogens with one attached hydrogen (secondary N) is 1. The number of nitrogens with zero attached hydrogens (tertiary/aromatic N) is 3. The largest absolute Gasteiger partial charge is 0.480 e. The topological polar surface area (TPSA) is 112 Å². The molecular weight excluding hydrogens is 597 g/mol. The van der Waals surface area contributed by atoms with Crippen molar-refractivity contribution < 1.29 is 31.5 Å². The van der Waals surface area contributed by atoms with Gasteiger partial charge in [-0.25, -0.2) is 13.2 Å². The van der Waals surface area contributed by atoms with Gasteiger partial charge in [0.25, 0.3) is 15.6 Å². The first kappa shape index (κ1) is 29.9. The fourth-order valence-electron chi connectivity index (χ4n) is 6.17. The van der Waals surface area contributed by atoms with Crippen molar-refractivity contribution in [2.45, 2.75) is 23.7 Å². The van der Waals surface area contributed by atoms with Gasteiger partial charge in [0.2, 0.25) is 0 Å². The summed E-state index contributed by atoms with van der Waals surface area (Å²) in [6.07, 6.45) is -4.73. The summed E-state index contributed by atoms with van der Waals surface area (Å²) in [5, 5.41) is 14.5. The summed E-state index contributed by atoms with van der Waals surface area (Å²) < 4.78 is 71.6. The van der Waals surface area contributed by atoms with Crippen molar-refractivity contribution in [3.63, 3.8) is 0 Å². The van der Waals surface area contributed by atoms with Gasteiger partial charge in [-0.2, -0.15) is 17.5 Å². The van der Waals surface area contributed by atoms with Crippen LogP contribution in [0.1, 0.15) is 22.7 Å². The van der Waals surface area contributed by atoms with Gasteiger partial charge < -0.3 is 15.3 Å². The van der Waals surface area contributed by atoms with Crippen LogP contribution in [0.4, 0.5) is 18.9 Å². The first-order chi connectivity index (χ1) is 20.9. The molecule has 1 saturated heterocycles. The maximum absolute atomic E-state index is 14.5. The molecular formula is C31H29F3N4O5S. The molecule has 1 atom stereocenters. The number of hydrogen-bond acceptors (Lipinski definition) is 6. The number of hydrogen-bond donors (Lipinski definition) is 2. The Bertz CT molecular complexity index is 1950. The summed E-state index contributed by atoms with van der Waals surface area (Å²) in [4.78, 5) is 28.8. The van der Waals surface area contributed by atoms with Gasteiger partial charge in [0.1, 0.15) is 11.7 Å². The molecule has 6 rings (SSSR count). The molecule has 1 fully saturated rings. The van der Waals surface area contributed by atoms with E-state index in [2.05, 4.69) is 5.32 Å². The third-order valence-corrected chi connectivity index (χ3v) is 10.1. The average molecular weight is 627 g/mol. The second kappa shape index (κ2) is 11.1. The average Bonchev–Trinajstić information content (AvgIpc) is 2.99. The van der Waals surface area contributed by atoms with Gasteiger partial charge in [-0.05, 0) is 39.6 Å². The zero-order valence-corrected chi connectivity index (χ0v) is 24.5. The Kier molecular flexibility index (Phi) is 7.50. The lowest BCUT2D eigenvalue weighted by Gasteiger charge is -2.37. The Labute approximate surface area is 251 Å². The van der Waals surface area contributed by atoms with E-state index >= 15 is 0 Å². The summed E-state index contributed by atoms with van der Waals surface area (Å²) >= 11 is 0. The van der Waals surface area contributed by atoms with Crippen molar-refractivity contribution in [3.8, 4) is 11.1 Å². The lowest BCUT2D eigenvalue weighted by Crippen LogP contribution is -2.51. The van der Waals surface area contributed by atoms with Crippen LogP contribution in [-0.4, -0.2) is 68.1 Å². The second-order valence-corrected chi connectivity index (χ2v) is 12.9. The normalized spacial score (nSPS) is 18.7. The number of rotatable bonds is 5. The van der Waals surface area contributed by atoms with Crippen LogP contribution in [0.3, 0.4) is 0 Å². The quantitative estimate of drug-likeness (QED) is 0.345. The lowest BCUT2D eigenvalue weighted by atomic mass is 9.91. The molecule has 0 aliphatic carbocycles. The van der Waals surface area contributed by atoms with Gasteiger partial charge in [0.05, 0.1) is 5.56 Å². The van der Waals surface area contributed by atoms with Crippen LogP contribution in [0.25, 0.3) is 21.9 Å². The number of fused-ring (bicyclic) bond motifs is 2. The van der Waals surface area contributed by atoms with E-state index in [1.54, 1.807) is 4.90 Å². The first-order valence-corrected chi connectivity index (χ1v) is 15.4. The van der Waals surface area contributed by atoms with E-state index in [0.29, 0.717) is 26.2 Å². The highest BCUT2D eigenvalue weighted by atomic mass is 32.2. The van der Waals surface area contributed by atoms with Crippen LogP contribution < -0.4 is 15.8 Å². The number of piperazine rings is 1. The first-order valence-electron chi connectivity index (χ1n) is 14.0. The molecule has 44 heavy (non-hydrogen) atoms. The number of pyridine rings is 1. The molecule has 2 aliphatic rings. The van der Waals surface area contributed by atoms with Crippen molar-refractivity contribution in [1.29, 1.82) is 0 Å². The molecule has 9 nitrogen and oxygen atoms in total. The van der Waals surface area contributed by atoms with Gasteiger partial charge in [-0.3, -0.25) is 9.36 Å². The van der Waals surface area contributed by atoms with Crippen molar-refractivity contribution in [1.82, 2.24) is 14.2 Å². The Morgan fingerprint density at radius 3 is 2.41 bits per heavy atom. The van der Waals surface area contributed by atoms with Crippen molar-refractivity contribution in [2.75, 3.05) is 44.7 Å². The number of alkyl halides is 3. The van der Waals surface area contributed by atoms with Crippen molar-refractivity contribution in [2.24, 2.45) is 0 Å². The summed E-state index contributed by atoms with van der Waals surface area (Å²) in [6, 6.07) is 15.7. The SMILES string of the molecule is CN1CC(C(=O)O)n2c(c(-c3cccc(C(F)(F)F)c3)c(Cc3cccc4ccccc34)c(N3CCNCC3)c2=O)S1(=O)=O. The molecule has 4 aromatic rings. The third-order valence-electron chi connectivity index (χ3n) is 8.28. The molecule has 0 amide bonds. The fourth-order valence-corrected chi connectivity index (χ4v) is 7.76. The number of carboxylic acid groups (broad SMARTS) is 1. The Morgan fingerprint density at radius 2 is 1.70 bits per heavy atom. The minimum atomic E-state index is -4.74. The highest BCUT2D eigenvalue weighted by molar-refractivity contribution is 7.89. The van der Waals surface area contributed by atoms with Crippen LogP contribution in [-0.2, 0) is 27.4 Å². The van der Waals surface area contributed by atoms with Crippen LogP contribution in [0.15, 0.2) is 76.6 Å². The molecule has 3 heterocycles. The molecule has 0 saturated carbocycles. The predicted molar refractivity (Wildman–Crippen MR) is 159 cm³/mol. The van der Waals surface area contributed by atoms with E-state index in [1.165, 1.54) is 19.2 Å². The summed E-state index contributed by atoms with van der Waals surface area (Å²) in [7, 11) is -3.32. The Hall–Kier alpha value is -4.20. The van der Waals surface area contributed by atoms with Gasteiger partial charge >= 0.3 is 12.1 Å². The van der Waals surface area contributed by atoms with Crippen LogP contribution in [0.5, 0.6) is 0 Å². The number of benzene rings is 3. The fraction of sp³-hybridized carbons (Fsp3) is 0.290. The Balaban J connectivity index is 1.79. The number of anilines is 1. The molecule has 3 aromatic carbocycles. The molecule has 2 aliphatic heterocycles. The molecule has 13 heteroatoms. The van der Waals surface area contributed by atoms with Crippen molar-refractivity contribution >= 4 is 32.5 Å². The number of halogens is 3. The van der Waals surface area contributed by atoms with E-state index in [0.717, 1.165) is 37.3 Å². The number of carboxylic acids is 1. The maximum Gasteiger partial charge on any atom is 0.416 e. The maximum atomic E-state index is 14.5. The smallest absolute Gasteiger partial charge is 0.416 e. The van der Waals surface area contributed by atoms with E-state index in [4.69, 9.17) is 0 Å². The summed E-state index contributed by atoms with van der Waals surface area (Å²) in [5.41, 5.74) is -0.974. The van der Waals surface area contributed by atoms with E-state index in [9.17, 15) is 36.3 Å². The number of aromatic nitrogens is 1. The molecule has 0 bridgehead atoms. The van der Waals surface area contributed by atoms with Crippen LogP contribution >= 0.6 is 0 Å². The summed E-state index contributed by atoms with van der Waals surface area (Å²) in [6.45, 7) is 1.18. The monoisotopic (exact) mass is 626 g/mol. The third kappa shape index (κ3) is 5.04. The predicted octanol–water partition coefficient (Wildman–Crippen LogP) is 3.95. The number of likely N-dealkylation sites (N-methyl/N-ethyl adjacent to an activating group) is 1. The van der Waals surface area contributed by atoms with Crippen LogP contribution in [0.2, 0.25) is 0 Å². The van der Waals surface area contributed by atoms with Gasteiger partial charge in [0, 0.05) is 51.8 Å². The Morgan fingerprint density at radius 1 is 1.02 bits per heavy atom. The number of aliphatic carboxylic acids is 1. The number of carbonyl (C=O) groups is 1. The zero-order valence-electron chi connectivity index (χ0n) is 23.6. The molecule has 0 spiro atoms. The molecule has 0 radical (unpaired) electrons. The standard InChI is InChI=1S/C31H29F3N4O5S/c1-36-18-25(30(40)41)38-28(39)27(37-14-12-35-13-15-37)24(17-20-8-4-7-19-6-2-3-11-23(19)20)26(29(38)44(36,42)43)21-9-5-10-22(16-21)31(32,33)34/h2-11,16,25,35H,12-15,17-18H2,1H3,(H,40,41). The van der Waals surface area contributed by atoms with E-state index < -0.39 is 50.9 Å². The van der Waals surface area contributed by atoms with Crippen molar-refractivity contribution in [3.05, 3.63) is 93.8 Å². The summed E-state index contributed by atoms with van der Waals surface area (Å²) in [5.74, 6) is -1.43. The molecule has 2 N–H and O–H groups in total. The zero-order chi connectivity index (χ0) is 31.4. The highest BCUT2D eigenvalue weighted by Gasteiger charge is 2.44. The van der Waals surface area contributed by atoms with E-state index in [1.807, 2.05) is 42.5 Å². The van der Waals surface area contributed by atoms with Gasteiger partial charge in [-0.1, -0.05) is 54.6 Å². The molecule has 1 unspecified atom stereocenters. The second-order valence-electron chi connectivity index (χ2n) is 11.0. The van der Waals surface area contributed by atoms with Gasteiger partial charge in [-0.15, -0.1) is 0 Å². The van der Waals surface area contributed by atoms with Crippen LogP contribution in [0, 0.1) is 0 Å².